The Bertz CT molecular complexity index is 667. The minimum Gasteiger partial charge on any atom is -0.335 e. The number of amides is 2. The highest BCUT2D eigenvalue weighted by Gasteiger charge is 2.42. The van der Waals surface area contributed by atoms with Crippen molar-refractivity contribution < 1.29 is 9.59 Å². The van der Waals surface area contributed by atoms with Crippen molar-refractivity contribution in [3.63, 3.8) is 0 Å². The summed E-state index contributed by atoms with van der Waals surface area (Å²) < 4.78 is 0. The predicted octanol–water partition coefficient (Wildman–Crippen LogP) is 1.78. The lowest BCUT2D eigenvalue weighted by atomic mass is 10.0. The number of hydrogen-bond donors (Lipinski definition) is 1. The normalized spacial score (nSPS) is 20.5. The number of carbonyl (C=O) groups is 2. The van der Waals surface area contributed by atoms with E-state index in [9.17, 15) is 9.59 Å². The van der Waals surface area contributed by atoms with E-state index < -0.39 is 5.54 Å². The van der Waals surface area contributed by atoms with Gasteiger partial charge in [-0.05, 0) is 56.9 Å². The van der Waals surface area contributed by atoms with Crippen LogP contribution >= 0.6 is 23.6 Å². The van der Waals surface area contributed by atoms with E-state index >= 15 is 0 Å². The Morgan fingerprint density at radius 1 is 1.23 bits per heavy atom. The van der Waals surface area contributed by atoms with Gasteiger partial charge in [-0.15, -0.1) is 11.3 Å². The third-order valence-corrected chi connectivity index (χ3v) is 6.37. The zero-order valence-corrected chi connectivity index (χ0v) is 17.0. The van der Waals surface area contributed by atoms with E-state index in [1.54, 1.807) is 0 Å². The van der Waals surface area contributed by atoms with E-state index in [4.69, 9.17) is 12.2 Å². The Kier molecular flexibility index (Phi) is 5.94. The second-order valence-electron chi connectivity index (χ2n) is 7.29. The number of hydrogen-bond acceptors (Lipinski definition) is 5. The molecule has 1 N–H and O–H groups in total. The van der Waals surface area contributed by atoms with Crippen LogP contribution in [-0.4, -0.2) is 76.4 Å². The third-order valence-electron chi connectivity index (χ3n) is 5.19. The van der Waals surface area contributed by atoms with E-state index in [0.29, 0.717) is 5.11 Å². The molecule has 0 radical (unpaired) electrons. The van der Waals surface area contributed by atoms with Crippen LogP contribution < -0.4 is 5.32 Å². The maximum Gasteiger partial charge on any atom is 0.264 e. The lowest BCUT2D eigenvalue weighted by Gasteiger charge is -2.35. The van der Waals surface area contributed by atoms with Gasteiger partial charge in [0, 0.05) is 32.7 Å². The van der Waals surface area contributed by atoms with Crippen molar-refractivity contribution in [3.05, 3.63) is 22.4 Å². The lowest BCUT2D eigenvalue weighted by molar-refractivity contribution is -0.125. The van der Waals surface area contributed by atoms with E-state index in [1.165, 1.54) is 11.3 Å². The first-order valence-electron chi connectivity index (χ1n) is 9.08. The molecule has 2 amide bonds. The third kappa shape index (κ3) is 4.07. The molecule has 26 heavy (non-hydrogen) atoms. The monoisotopic (exact) mass is 394 g/mol. The second-order valence-corrected chi connectivity index (χ2v) is 8.62. The second kappa shape index (κ2) is 8.02. The van der Waals surface area contributed by atoms with Crippen LogP contribution in [0.15, 0.2) is 17.5 Å². The number of nitrogens with zero attached hydrogens (tertiary/aromatic N) is 3. The molecule has 0 spiro atoms. The molecule has 2 saturated heterocycles. The molecule has 2 aliphatic heterocycles. The molecular weight excluding hydrogens is 368 g/mol. The SMILES string of the molecule is CC1(C)C(=O)NC(=S)N1CCCCN1CCN(C(=O)c2cccs2)CC1. The van der Waals surface area contributed by atoms with Gasteiger partial charge in [0.05, 0.1) is 4.88 Å². The number of rotatable bonds is 6. The first-order chi connectivity index (χ1) is 12.4. The lowest BCUT2D eigenvalue weighted by Crippen LogP contribution is -2.48. The maximum absolute atomic E-state index is 12.4. The highest BCUT2D eigenvalue weighted by molar-refractivity contribution is 7.80. The Morgan fingerprint density at radius 2 is 1.92 bits per heavy atom. The van der Waals surface area contributed by atoms with Gasteiger partial charge in [0.2, 0.25) is 0 Å². The maximum atomic E-state index is 12.4. The summed E-state index contributed by atoms with van der Waals surface area (Å²) in [6.45, 7) is 9.05. The molecular formula is C18H26N4O2S2. The molecule has 0 saturated carbocycles. The minimum absolute atomic E-state index is 0.0194. The number of piperazine rings is 1. The highest BCUT2D eigenvalue weighted by atomic mass is 32.1. The molecule has 0 aliphatic carbocycles. The van der Waals surface area contributed by atoms with Crippen LogP contribution in [0.3, 0.4) is 0 Å². The van der Waals surface area contributed by atoms with Crippen LogP contribution in [0, 0.1) is 0 Å². The largest absolute Gasteiger partial charge is 0.335 e. The van der Waals surface area contributed by atoms with Gasteiger partial charge in [0.25, 0.3) is 11.8 Å². The molecule has 0 atom stereocenters. The molecule has 2 fully saturated rings. The van der Waals surface area contributed by atoms with Gasteiger partial charge >= 0.3 is 0 Å². The Hall–Kier alpha value is -1.51. The fraction of sp³-hybridized carbons (Fsp3) is 0.611. The van der Waals surface area contributed by atoms with Crippen molar-refractivity contribution in [2.24, 2.45) is 0 Å². The Labute approximate surface area is 164 Å². The number of thiocarbonyl (C=S) groups is 1. The van der Waals surface area contributed by atoms with Crippen LogP contribution in [0.2, 0.25) is 0 Å². The van der Waals surface area contributed by atoms with Crippen LogP contribution in [0.1, 0.15) is 36.4 Å². The molecule has 1 aromatic heterocycles. The number of nitrogens with one attached hydrogen (secondary N) is 1. The average molecular weight is 395 g/mol. The first-order valence-corrected chi connectivity index (χ1v) is 10.4. The van der Waals surface area contributed by atoms with Crippen molar-refractivity contribution in [2.75, 3.05) is 39.3 Å². The van der Waals surface area contributed by atoms with Crippen molar-refractivity contribution in [2.45, 2.75) is 32.2 Å². The number of carbonyl (C=O) groups excluding carboxylic acids is 2. The number of unbranched alkanes of at least 4 members (excludes halogenated alkanes) is 1. The van der Waals surface area contributed by atoms with Crippen molar-refractivity contribution in [1.82, 2.24) is 20.0 Å². The fourth-order valence-electron chi connectivity index (χ4n) is 3.41. The van der Waals surface area contributed by atoms with Gasteiger partial charge in [-0.2, -0.15) is 0 Å². The smallest absolute Gasteiger partial charge is 0.264 e. The van der Waals surface area contributed by atoms with Gasteiger partial charge in [0.1, 0.15) is 5.54 Å². The highest BCUT2D eigenvalue weighted by Crippen LogP contribution is 2.21. The summed E-state index contributed by atoms with van der Waals surface area (Å²) in [7, 11) is 0. The first kappa shape index (κ1) is 19.3. The average Bonchev–Trinajstić information content (AvgIpc) is 3.21. The van der Waals surface area contributed by atoms with Crippen molar-refractivity contribution in [1.29, 1.82) is 0 Å². The van der Waals surface area contributed by atoms with Crippen LogP contribution in [0.5, 0.6) is 0 Å². The van der Waals surface area contributed by atoms with Gasteiger partial charge < -0.3 is 15.1 Å². The summed E-state index contributed by atoms with van der Waals surface area (Å²) in [5.74, 6) is 0.135. The van der Waals surface area contributed by atoms with Gasteiger partial charge in [-0.25, -0.2) is 0 Å². The van der Waals surface area contributed by atoms with E-state index in [-0.39, 0.29) is 11.8 Å². The summed E-state index contributed by atoms with van der Waals surface area (Å²) in [6.07, 6.45) is 2.05. The summed E-state index contributed by atoms with van der Waals surface area (Å²) in [5.41, 5.74) is -0.551. The molecule has 0 unspecified atom stereocenters. The predicted molar refractivity (Wildman–Crippen MR) is 107 cm³/mol. The standard InChI is InChI=1S/C18H26N4O2S2/c1-18(2)16(24)19-17(25)22(18)8-4-3-7-20-9-11-21(12-10-20)15(23)14-6-5-13-26-14/h5-6,13H,3-4,7-12H2,1-2H3,(H,19,24,25). The summed E-state index contributed by atoms with van der Waals surface area (Å²) >= 11 is 6.76. The minimum atomic E-state index is -0.551. The molecule has 8 heteroatoms. The van der Waals surface area contributed by atoms with Crippen LogP contribution in [0.4, 0.5) is 0 Å². The molecule has 0 bridgehead atoms. The zero-order chi connectivity index (χ0) is 18.7. The number of thiophene rings is 1. The fourth-order valence-corrected chi connectivity index (χ4v) is 4.51. The van der Waals surface area contributed by atoms with Gasteiger partial charge in [-0.3, -0.25) is 14.5 Å². The van der Waals surface area contributed by atoms with E-state index in [1.807, 2.05) is 41.2 Å². The van der Waals surface area contributed by atoms with Crippen LogP contribution in [-0.2, 0) is 4.79 Å². The topological polar surface area (TPSA) is 55.9 Å². The molecule has 6 nitrogen and oxygen atoms in total. The molecule has 3 rings (SSSR count). The van der Waals surface area contributed by atoms with Crippen LogP contribution in [0.25, 0.3) is 0 Å². The summed E-state index contributed by atoms with van der Waals surface area (Å²) in [6, 6.07) is 3.81. The Balaban J connectivity index is 1.36. The molecule has 3 heterocycles. The quantitative estimate of drug-likeness (QED) is 0.589. The summed E-state index contributed by atoms with van der Waals surface area (Å²) in [5, 5.41) is 5.23. The van der Waals surface area contributed by atoms with Crippen molar-refractivity contribution >= 4 is 40.5 Å². The molecule has 142 valence electrons. The Morgan fingerprint density at radius 3 is 2.50 bits per heavy atom. The van der Waals surface area contributed by atoms with E-state index in [0.717, 1.165) is 57.0 Å². The molecule has 2 aliphatic rings. The van der Waals surface area contributed by atoms with Crippen molar-refractivity contribution in [3.8, 4) is 0 Å². The van der Waals surface area contributed by atoms with Gasteiger partial charge in [-0.1, -0.05) is 6.07 Å². The summed E-state index contributed by atoms with van der Waals surface area (Å²) in [4.78, 5) is 31.4. The van der Waals surface area contributed by atoms with E-state index in [2.05, 4.69) is 10.2 Å². The molecule has 0 aromatic carbocycles. The molecule has 1 aromatic rings. The zero-order valence-electron chi connectivity index (χ0n) is 15.4. The van der Waals surface area contributed by atoms with Gasteiger partial charge in [0.15, 0.2) is 5.11 Å².